The molecule has 2 aromatic carbocycles. The van der Waals surface area contributed by atoms with Crippen molar-refractivity contribution in [2.45, 2.75) is 13.8 Å². The molecule has 1 saturated heterocycles. The quantitative estimate of drug-likeness (QED) is 0.562. The van der Waals surface area contributed by atoms with Gasteiger partial charge in [-0.25, -0.2) is 0 Å². The third-order valence-corrected chi connectivity index (χ3v) is 5.62. The zero-order valence-corrected chi connectivity index (χ0v) is 16.7. The number of rotatable bonds is 4. The van der Waals surface area contributed by atoms with Gasteiger partial charge in [-0.1, -0.05) is 42.2 Å². The van der Waals surface area contributed by atoms with Gasteiger partial charge in [-0.05, 0) is 54.8 Å². The first-order valence-electron chi connectivity index (χ1n) is 8.02. The van der Waals surface area contributed by atoms with E-state index in [0.717, 1.165) is 22.4 Å². The molecule has 1 fully saturated rings. The second-order valence-electron chi connectivity index (χ2n) is 5.85. The molecule has 0 spiro atoms. The van der Waals surface area contributed by atoms with Gasteiger partial charge < -0.3 is 9.47 Å². The highest BCUT2D eigenvalue weighted by Gasteiger charge is 2.34. The topological polar surface area (TPSA) is 38.8 Å². The fourth-order valence-corrected chi connectivity index (χ4v) is 4.03. The van der Waals surface area contributed by atoms with Gasteiger partial charge in [0.2, 0.25) is 0 Å². The fraction of sp³-hybridized carbons (Fsp3) is 0.200. The second-order valence-corrected chi connectivity index (χ2v) is 7.53. The molecule has 1 aliphatic heterocycles. The van der Waals surface area contributed by atoms with Gasteiger partial charge in [0.15, 0.2) is 15.8 Å². The van der Waals surface area contributed by atoms with Crippen molar-refractivity contribution in [1.82, 2.24) is 0 Å². The lowest BCUT2D eigenvalue weighted by Gasteiger charge is -2.18. The zero-order valence-electron chi connectivity index (χ0n) is 15.0. The van der Waals surface area contributed by atoms with Gasteiger partial charge in [-0.3, -0.25) is 9.69 Å². The van der Waals surface area contributed by atoms with Crippen LogP contribution in [0.25, 0.3) is 6.08 Å². The van der Waals surface area contributed by atoms with Crippen molar-refractivity contribution in [2.24, 2.45) is 0 Å². The van der Waals surface area contributed by atoms with Crippen molar-refractivity contribution in [3.8, 4) is 11.5 Å². The number of nitrogens with zero attached hydrogens (tertiary/aromatic N) is 1. The van der Waals surface area contributed by atoms with E-state index in [1.807, 2.05) is 56.3 Å². The maximum absolute atomic E-state index is 13.0. The molecule has 2 aromatic rings. The number of thioether (sulfide) groups is 1. The van der Waals surface area contributed by atoms with E-state index < -0.39 is 0 Å². The monoisotopic (exact) mass is 385 g/mol. The maximum Gasteiger partial charge on any atom is 0.270 e. The molecule has 134 valence electrons. The van der Waals surface area contributed by atoms with E-state index in [1.165, 1.54) is 11.8 Å². The van der Waals surface area contributed by atoms with Crippen LogP contribution in [0.4, 0.5) is 5.69 Å². The molecule has 0 saturated carbocycles. The Morgan fingerprint density at radius 1 is 1.08 bits per heavy atom. The van der Waals surface area contributed by atoms with Gasteiger partial charge in [-0.2, -0.15) is 0 Å². The Hall–Kier alpha value is -2.31. The van der Waals surface area contributed by atoms with Crippen LogP contribution in [0.3, 0.4) is 0 Å². The number of thiocarbonyl (C=S) groups is 1. The summed E-state index contributed by atoms with van der Waals surface area (Å²) in [4.78, 5) is 15.1. The summed E-state index contributed by atoms with van der Waals surface area (Å²) in [5.74, 6) is 1.15. The standard InChI is InChI=1S/C20H19NO3S2/c1-12-6-5-7-15(13(12)2)21-19(22)18(26-20(21)25)11-14-8-9-16(23-3)17(10-14)24-4/h5-11H,1-4H3/b18-11-. The Balaban J connectivity index is 1.96. The van der Waals surface area contributed by atoms with Crippen LogP contribution in [0.2, 0.25) is 0 Å². The summed E-state index contributed by atoms with van der Waals surface area (Å²) < 4.78 is 11.1. The van der Waals surface area contributed by atoms with Crippen LogP contribution in [0.5, 0.6) is 11.5 Å². The molecule has 26 heavy (non-hydrogen) atoms. The first kappa shape index (κ1) is 18.5. The lowest BCUT2D eigenvalue weighted by molar-refractivity contribution is -0.113. The summed E-state index contributed by atoms with van der Waals surface area (Å²) in [6.45, 7) is 4.03. The highest BCUT2D eigenvalue weighted by molar-refractivity contribution is 8.27. The number of carbonyl (C=O) groups is 1. The summed E-state index contributed by atoms with van der Waals surface area (Å²) in [7, 11) is 3.18. The highest BCUT2D eigenvalue weighted by atomic mass is 32.2. The minimum atomic E-state index is -0.108. The van der Waals surface area contributed by atoms with Gasteiger partial charge >= 0.3 is 0 Å². The van der Waals surface area contributed by atoms with Crippen molar-refractivity contribution in [3.05, 3.63) is 58.0 Å². The summed E-state index contributed by atoms with van der Waals surface area (Å²) in [6, 6.07) is 11.4. The highest BCUT2D eigenvalue weighted by Crippen LogP contribution is 2.38. The van der Waals surface area contributed by atoms with Crippen molar-refractivity contribution in [3.63, 3.8) is 0 Å². The molecule has 6 heteroatoms. The maximum atomic E-state index is 13.0. The van der Waals surface area contributed by atoms with E-state index >= 15 is 0 Å². The Morgan fingerprint density at radius 3 is 2.50 bits per heavy atom. The molecular formula is C20H19NO3S2. The van der Waals surface area contributed by atoms with Crippen LogP contribution in [0.15, 0.2) is 41.3 Å². The molecule has 3 rings (SSSR count). The number of hydrogen-bond donors (Lipinski definition) is 0. The Morgan fingerprint density at radius 2 is 1.81 bits per heavy atom. The van der Waals surface area contributed by atoms with Crippen LogP contribution in [0, 0.1) is 13.8 Å². The number of carbonyl (C=O) groups excluding carboxylic acids is 1. The Labute approximate surface area is 162 Å². The number of hydrogen-bond acceptors (Lipinski definition) is 5. The second kappa shape index (κ2) is 7.51. The first-order chi connectivity index (χ1) is 12.5. The average Bonchev–Trinajstić information content (AvgIpc) is 2.91. The lowest BCUT2D eigenvalue weighted by atomic mass is 10.1. The van der Waals surface area contributed by atoms with Gasteiger partial charge in [0, 0.05) is 0 Å². The number of benzene rings is 2. The third-order valence-electron chi connectivity index (χ3n) is 4.32. The molecule has 0 bridgehead atoms. The minimum Gasteiger partial charge on any atom is -0.493 e. The Bertz CT molecular complexity index is 921. The molecule has 0 N–H and O–H groups in total. The Kier molecular flexibility index (Phi) is 5.34. The molecule has 0 atom stereocenters. The van der Waals surface area contributed by atoms with E-state index in [1.54, 1.807) is 19.1 Å². The molecule has 1 heterocycles. The van der Waals surface area contributed by atoms with Crippen molar-refractivity contribution in [1.29, 1.82) is 0 Å². The van der Waals surface area contributed by atoms with Gasteiger partial charge in [0.05, 0.1) is 24.8 Å². The SMILES string of the molecule is COc1ccc(/C=C2\SC(=S)N(c3cccc(C)c3C)C2=O)cc1OC. The number of aryl methyl sites for hydroxylation is 1. The predicted molar refractivity (Wildman–Crippen MR) is 111 cm³/mol. The normalized spacial score (nSPS) is 15.7. The summed E-state index contributed by atoms with van der Waals surface area (Å²) >= 11 is 6.77. The molecule has 0 unspecified atom stereocenters. The van der Waals surface area contributed by atoms with Gasteiger partial charge in [-0.15, -0.1) is 0 Å². The number of amides is 1. The number of ether oxygens (including phenoxy) is 2. The zero-order chi connectivity index (χ0) is 18.8. The van der Waals surface area contributed by atoms with Crippen LogP contribution < -0.4 is 14.4 Å². The largest absolute Gasteiger partial charge is 0.493 e. The van der Waals surface area contributed by atoms with Crippen LogP contribution in [0.1, 0.15) is 16.7 Å². The molecule has 0 radical (unpaired) electrons. The minimum absolute atomic E-state index is 0.108. The van der Waals surface area contributed by atoms with Gasteiger partial charge in [0.25, 0.3) is 5.91 Å². The van der Waals surface area contributed by atoms with Crippen LogP contribution in [-0.4, -0.2) is 24.4 Å². The summed E-state index contributed by atoms with van der Waals surface area (Å²) in [5, 5.41) is 0. The molecule has 0 aromatic heterocycles. The van der Waals surface area contributed by atoms with Crippen LogP contribution >= 0.6 is 24.0 Å². The van der Waals surface area contributed by atoms with Gasteiger partial charge in [0.1, 0.15) is 0 Å². The smallest absolute Gasteiger partial charge is 0.270 e. The van der Waals surface area contributed by atoms with Crippen molar-refractivity contribution in [2.75, 3.05) is 19.1 Å². The summed E-state index contributed by atoms with van der Waals surface area (Å²) in [5.41, 5.74) is 3.86. The van der Waals surface area contributed by atoms with E-state index in [-0.39, 0.29) is 5.91 Å². The molecule has 1 amide bonds. The number of methoxy groups -OCH3 is 2. The molecule has 1 aliphatic rings. The van der Waals surface area contributed by atoms with Crippen molar-refractivity contribution < 1.29 is 14.3 Å². The molecular weight excluding hydrogens is 366 g/mol. The third kappa shape index (κ3) is 3.34. The van der Waals surface area contributed by atoms with E-state index in [4.69, 9.17) is 21.7 Å². The average molecular weight is 386 g/mol. The first-order valence-corrected chi connectivity index (χ1v) is 9.25. The predicted octanol–water partition coefficient (Wildman–Crippen LogP) is 4.73. The number of anilines is 1. The molecule has 4 nitrogen and oxygen atoms in total. The summed E-state index contributed by atoms with van der Waals surface area (Å²) in [6.07, 6.45) is 1.83. The fourth-order valence-electron chi connectivity index (χ4n) is 2.75. The lowest BCUT2D eigenvalue weighted by Crippen LogP contribution is -2.28. The van der Waals surface area contributed by atoms with Crippen LogP contribution in [-0.2, 0) is 4.79 Å². The van der Waals surface area contributed by atoms with E-state index in [2.05, 4.69) is 0 Å². The van der Waals surface area contributed by atoms with E-state index in [9.17, 15) is 4.79 Å². The van der Waals surface area contributed by atoms with Crippen molar-refractivity contribution >= 4 is 46.0 Å². The molecule has 0 aliphatic carbocycles. The van der Waals surface area contributed by atoms with E-state index in [0.29, 0.717) is 20.7 Å².